The fraction of sp³-hybridized carbons (Fsp3) is 0.400. The molecule has 0 unspecified atom stereocenters. The largest absolute Gasteiger partial charge is 0.0656 e. The normalized spacial score (nSPS) is 8.75. The van der Waals surface area contributed by atoms with Gasteiger partial charge in [0.05, 0.1) is 0 Å². The van der Waals surface area contributed by atoms with E-state index in [-0.39, 0.29) is 0 Å². The SMILES string of the molecule is CCC.Cc1cc(Br)cc(Br)c1. The van der Waals surface area contributed by atoms with E-state index in [1.54, 1.807) is 0 Å². The minimum absolute atomic E-state index is 1.12. The van der Waals surface area contributed by atoms with Crippen molar-refractivity contribution in [1.29, 1.82) is 0 Å². The van der Waals surface area contributed by atoms with Crippen LogP contribution < -0.4 is 0 Å². The van der Waals surface area contributed by atoms with E-state index < -0.39 is 0 Å². The van der Waals surface area contributed by atoms with Gasteiger partial charge in [-0.3, -0.25) is 0 Å². The van der Waals surface area contributed by atoms with Crippen molar-refractivity contribution in [3.05, 3.63) is 32.7 Å². The molecular formula is C10H14Br2. The van der Waals surface area contributed by atoms with Crippen molar-refractivity contribution in [2.75, 3.05) is 0 Å². The smallest absolute Gasteiger partial charge is 0.0189 e. The zero-order valence-electron chi connectivity index (χ0n) is 7.70. The summed E-state index contributed by atoms with van der Waals surface area (Å²) in [5.41, 5.74) is 1.26. The number of benzene rings is 1. The molecule has 0 nitrogen and oxygen atoms in total. The summed E-state index contributed by atoms with van der Waals surface area (Å²) < 4.78 is 2.24. The lowest BCUT2D eigenvalue weighted by molar-refractivity contribution is 1.09. The van der Waals surface area contributed by atoms with Crippen LogP contribution in [-0.2, 0) is 0 Å². The molecule has 0 aliphatic heterocycles. The lowest BCUT2D eigenvalue weighted by Crippen LogP contribution is -1.71. The van der Waals surface area contributed by atoms with E-state index in [1.807, 2.05) is 6.07 Å². The third-order valence-corrected chi connectivity index (χ3v) is 1.92. The van der Waals surface area contributed by atoms with Crippen molar-refractivity contribution in [1.82, 2.24) is 0 Å². The predicted octanol–water partition coefficient (Wildman–Crippen LogP) is 4.94. The van der Waals surface area contributed by atoms with E-state index in [0.29, 0.717) is 0 Å². The Morgan fingerprint density at radius 3 is 1.58 bits per heavy atom. The molecule has 0 amide bonds. The minimum atomic E-state index is 1.12. The van der Waals surface area contributed by atoms with Crippen LogP contribution in [0, 0.1) is 6.92 Å². The van der Waals surface area contributed by atoms with Crippen LogP contribution in [0.1, 0.15) is 25.8 Å². The molecule has 0 aliphatic rings. The molecule has 0 spiro atoms. The number of hydrogen-bond donors (Lipinski definition) is 0. The monoisotopic (exact) mass is 292 g/mol. The molecule has 1 aromatic carbocycles. The fourth-order valence-electron chi connectivity index (χ4n) is 0.692. The predicted molar refractivity (Wildman–Crippen MR) is 62.5 cm³/mol. The molecule has 0 bridgehead atoms. The Kier molecular flexibility index (Phi) is 6.77. The van der Waals surface area contributed by atoms with E-state index in [9.17, 15) is 0 Å². The van der Waals surface area contributed by atoms with Gasteiger partial charge in [-0.05, 0) is 30.7 Å². The Hall–Kier alpha value is 0.180. The second kappa shape index (κ2) is 6.67. The Morgan fingerprint density at radius 2 is 1.33 bits per heavy atom. The second-order valence-electron chi connectivity index (χ2n) is 2.65. The molecule has 0 radical (unpaired) electrons. The third kappa shape index (κ3) is 5.78. The van der Waals surface area contributed by atoms with Gasteiger partial charge < -0.3 is 0 Å². The summed E-state index contributed by atoms with van der Waals surface area (Å²) in [6.45, 7) is 6.32. The van der Waals surface area contributed by atoms with Crippen LogP contribution in [0.3, 0.4) is 0 Å². The average Bonchev–Trinajstić information content (AvgIpc) is 1.84. The molecule has 1 aromatic rings. The number of rotatable bonds is 0. The topological polar surface area (TPSA) is 0 Å². The van der Waals surface area contributed by atoms with Gasteiger partial charge in [0.1, 0.15) is 0 Å². The van der Waals surface area contributed by atoms with E-state index in [4.69, 9.17) is 0 Å². The van der Waals surface area contributed by atoms with E-state index in [2.05, 4.69) is 64.8 Å². The maximum atomic E-state index is 3.38. The van der Waals surface area contributed by atoms with E-state index in [1.165, 1.54) is 12.0 Å². The summed E-state index contributed by atoms with van der Waals surface area (Å²) in [6, 6.07) is 6.17. The number of halogens is 2. The Labute approximate surface area is 91.6 Å². The van der Waals surface area contributed by atoms with Crippen molar-refractivity contribution < 1.29 is 0 Å². The Balaban J connectivity index is 0.000000354. The molecule has 0 saturated carbocycles. The summed E-state index contributed by atoms with van der Waals surface area (Å²) in [4.78, 5) is 0. The molecule has 0 aromatic heterocycles. The molecule has 68 valence electrons. The van der Waals surface area contributed by atoms with Gasteiger partial charge in [-0.2, -0.15) is 0 Å². The molecule has 0 N–H and O–H groups in total. The standard InChI is InChI=1S/C7H6Br2.C3H8/c1-5-2-6(8)4-7(9)3-5;1-3-2/h2-4H,1H3;3H2,1-2H3. The summed E-state index contributed by atoms with van der Waals surface area (Å²) in [5.74, 6) is 0. The lowest BCUT2D eigenvalue weighted by Gasteiger charge is -1.94. The summed E-state index contributed by atoms with van der Waals surface area (Å²) in [7, 11) is 0. The van der Waals surface area contributed by atoms with Gasteiger partial charge in [-0.25, -0.2) is 0 Å². The highest BCUT2D eigenvalue weighted by Gasteiger charge is 1.90. The van der Waals surface area contributed by atoms with Gasteiger partial charge in [-0.1, -0.05) is 52.1 Å². The molecule has 0 saturated heterocycles. The van der Waals surface area contributed by atoms with Crippen LogP contribution in [0.4, 0.5) is 0 Å². The molecule has 0 atom stereocenters. The highest BCUT2D eigenvalue weighted by atomic mass is 79.9. The van der Waals surface area contributed by atoms with Gasteiger partial charge in [0.25, 0.3) is 0 Å². The molecule has 0 heterocycles. The van der Waals surface area contributed by atoms with Gasteiger partial charge in [0, 0.05) is 8.95 Å². The molecule has 2 heteroatoms. The molecule has 1 rings (SSSR count). The van der Waals surface area contributed by atoms with Crippen molar-refractivity contribution >= 4 is 31.9 Å². The average molecular weight is 294 g/mol. The maximum Gasteiger partial charge on any atom is 0.0189 e. The highest BCUT2D eigenvalue weighted by Crippen LogP contribution is 2.18. The zero-order chi connectivity index (χ0) is 9.56. The van der Waals surface area contributed by atoms with Gasteiger partial charge in [0.2, 0.25) is 0 Å². The van der Waals surface area contributed by atoms with Crippen LogP contribution in [0.5, 0.6) is 0 Å². The first-order chi connectivity index (χ1) is 5.60. The van der Waals surface area contributed by atoms with E-state index in [0.717, 1.165) is 8.95 Å². The Bertz CT molecular complexity index is 181. The van der Waals surface area contributed by atoms with Crippen LogP contribution >= 0.6 is 31.9 Å². The lowest BCUT2D eigenvalue weighted by atomic mass is 10.2. The quantitative estimate of drug-likeness (QED) is 0.636. The van der Waals surface area contributed by atoms with Crippen LogP contribution in [0.15, 0.2) is 27.1 Å². The second-order valence-corrected chi connectivity index (χ2v) is 4.49. The fourth-order valence-corrected chi connectivity index (χ4v) is 2.21. The van der Waals surface area contributed by atoms with Crippen molar-refractivity contribution in [3.8, 4) is 0 Å². The number of aryl methyl sites for hydroxylation is 1. The van der Waals surface area contributed by atoms with Crippen LogP contribution in [0.2, 0.25) is 0 Å². The first-order valence-corrected chi connectivity index (χ1v) is 5.61. The molecule has 0 aliphatic carbocycles. The zero-order valence-corrected chi connectivity index (χ0v) is 10.9. The first kappa shape index (κ1) is 12.2. The van der Waals surface area contributed by atoms with Gasteiger partial charge in [-0.15, -0.1) is 0 Å². The van der Waals surface area contributed by atoms with Crippen molar-refractivity contribution in [2.45, 2.75) is 27.2 Å². The minimum Gasteiger partial charge on any atom is -0.0656 e. The Morgan fingerprint density at radius 1 is 1.00 bits per heavy atom. The van der Waals surface area contributed by atoms with Gasteiger partial charge >= 0.3 is 0 Å². The van der Waals surface area contributed by atoms with Crippen LogP contribution in [0.25, 0.3) is 0 Å². The summed E-state index contributed by atoms with van der Waals surface area (Å²) in [5, 5.41) is 0. The van der Waals surface area contributed by atoms with Crippen molar-refractivity contribution in [3.63, 3.8) is 0 Å². The number of hydrogen-bond acceptors (Lipinski definition) is 0. The highest BCUT2D eigenvalue weighted by molar-refractivity contribution is 9.11. The molecule has 12 heavy (non-hydrogen) atoms. The van der Waals surface area contributed by atoms with Crippen molar-refractivity contribution in [2.24, 2.45) is 0 Å². The maximum absolute atomic E-state index is 3.38. The first-order valence-electron chi connectivity index (χ1n) is 4.02. The van der Waals surface area contributed by atoms with E-state index >= 15 is 0 Å². The van der Waals surface area contributed by atoms with Crippen LogP contribution in [-0.4, -0.2) is 0 Å². The summed E-state index contributed by atoms with van der Waals surface area (Å²) in [6.07, 6.45) is 1.25. The van der Waals surface area contributed by atoms with Gasteiger partial charge in [0.15, 0.2) is 0 Å². The molecular weight excluding hydrogens is 280 g/mol. The third-order valence-electron chi connectivity index (χ3n) is 1.01. The summed E-state index contributed by atoms with van der Waals surface area (Å²) >= 11 is 6.77. The molecule has 0 fully saturated rings.